The van der Waals surface area contributed by atoms with Crippen molar-refractivity contribution in [1.82, 2.24) is 20.3 Å². The Morgan fingerprint density at radius 3 is 2.79 bits per heavy atom. The Kier molecular flexibility index (Phi) is 6.51. The molecule has 0 unspecified atom stereocenters. The molecule has 3 rings (SSSR count). The first-order valence-electron chi connectivity index (χ1n) is 9.04. The van der Waals surface area contributed by atoms with Gasteiger partial charge in [-0.05, 0) is 42.7 Å². The third-order valence-corrected chi connectivity index (χ3v) is 4.13. The van der Waals surface area contributed by atoms with Crippen molar-refractivity contribution in [3.8, 4) is 5.75 Å². The Hall–Kier alpha value is -3.48. The van der Waals surface area contributed by atoms with Gasteiger partial charge in [-0.2, -0.15) is 0 Å². The predicted octanol–water partition coefficient (Wildman–Crippen LogP) is 2.77. The number of ether oxygens (including phenoxy) is 1. The van der Waals surface area contributed by atoms with Gasteiger partial charge in [0.2, 0.25) is 5.95 Å². The van der Waals surface area contributed by atoms with Crippen LogP contribution in [-0.2, 0) is 13.0 Å². The van der Waals surface area contributed by atoms with E-state index in [1.54, 1.807) is 25.6 Å². The van der Waals surface area contributed by atoms with Crippen LogP contribution in [0.2, 0.25) is 0 Å². The van der Waals surface area contributed by atoms with Crippen LogP contribution in [0.1, 0.15) is 27.3 Å². The summed E-state index contributed by atoms with van der Waals surface area (Å²) in [7, 11) is 1.64. The zero-order chi connectivity index (χ0) is 19.8. The summed E-state index contributed by atoms with van der Waals surface area (Å²) in [6.07, 6.45) is 4.17. The summed E-state index contributed by atoms with van der Waals surface area (Å²) in [5, 5.41) is 6.04. The van der Waals surface area contributed by atoms with Crippen LogP contribution in [0.5, 0.6) is 5.75 Å². The molecular weight excluding hydrogens is 354 g/mol. The van der Waals surface area contributed by atoms with Crippen LogP contribution in [0.15, 0.2) is 54.9 Å². The van der Waals surface area contributed by atoms with Crippen molar-refractivity contribution in [3.05, 3.63) is 77.4 Å². The molecule has 0 spiro atoms. The van der Waals surface area contributed by atoms with E-state index in [-0.39, 0.29) is 5.91 Å². The zero-order valence-corrected chi connectivity index (χ0v) is 16.0. The van der Waals surface area contributed by atoms with Gasteiger partial charge in [0.05, 0.1) is 7.11 Å². The number of hydrogen-bond donors (Lipinski definition) is 2. The van der Waals surface area contributed by atoms with Crippen molar-refractivity contribution in [2.75, 3.05) is 19.0 Å². The van der Waals surface area contributed by atoms with E-state index in [0.29, 0.717) is 31.2 Å². The van der Waals surface area contributed by atoms with Crippen molar-refractivity contribution in [1.29, 1.82) is 0 Å². The maximum absolute atomic E-state index is 12.5. The van der Waals surface area contributed by atoms with Gasteiger partial charge < -0.3 is 15.4 Å². The van der Waals surface area contributed by atoms with Gasteiger partial charge >= 0.3 is 0 Å². The van der Waals surface area contributed by atoms with Gasteiger partial charge in [0.15, 0.2) is 0 Å². The van der Waals surface area contributed by atoms with Crippen LogP contribution in [-0.4, -0.2) is 34.5 Å². The van der Waals surface area contributed by atoms with Crippen molar-refractivity contribution in [3.63, 3.8) is 0 Å². The van der Waals surface area contributed by atoms with E-state index in [0.717, 1.165) is 22.6 Å². The molecule has 2 N–H and O–H groups in total. The zero-order valence-electron chi connectivity index (χ0n) is 16.0. The second kappa shape index (κ2) is 9.45. The fourth-order valence-electron chi connectivity index (χ4n) is 2.76. The van der Waals surface area contributed by atoms with Crippen LogP contribution in [0.4, 0.5) is 5.95 Å². The summed E-state index contributed by atoms with van der Waals surface area (Å²) in [6, 6.07) is 13.3. The molecule has 2 aromatic heterocycles. The molecular formula is C21H23N5O2. The van der Waals surface area contributed by atoms with Gasteiger partial charge in [0.1, 0.15) is 11.4 Å². The topological polar surface area (TPSA) is 89.0 Å². The summed E-state index contributed by atoms with van der Waals surface area (Å²) in [5.74, 6) is 1.00. The fraction of sp³-hybridized carbons (Fsp3) is 0.238. The molecule has 0 saturated carbocycles. The van der Waals surface area contributed by atoms with E-state index in [1.165, 1.54) is 0 Å². The Labute approximate surface area is 164 Å². The number of nitrogens with zero attached hydrogens (tertiary/aromatic N) is 3. The molecule has 7 heteroatoms. The number of methoxy groups -OCH3 is 1. The highest BCUT2D eigenvalue weighted by molar-refractivity contribution is 5.92. The highest BCUT2D eigenvalue weighted by atomic mass is 16.5. The molecule has 1 aromatic carbocycles. The molecule has 0 fully saturated rings. The van der Waals surface area contributed by atoms with E-state index >= 15 is 0 Å². The predicted molar refractivity (Wildman–Crippen MR) is 107 cm³/mol. The molecule has 0 radical (unpaired) electrons. The van der Waals surface area contributed by atoms with Gasteiger partial charge in [0.25, 0.3) is 5.91 Å². The van der Waals surface area contributed by atoms with Crippen LogP contribution < -0.4 is 15.4 Å². The highest BCUT2D eigenvalue weighted by Crippen LogP contribution is 2.17. The number of amides is 1. The molecule has 0 aliphatic heterocycles. The lowest BCUT2D eigenvalue weighted by Gasteiger charge is -2.10. The molecule has 2 heterocycles. The molecule has 1 amide bonds. The SMILES string of the molecule is COc1ccccc1CCNC(=O)c1cc(C)nc(NCc2cccnc2)n1. The standard InChI is InChI=1S/C21H23N5O2/c1-15-12-18(26-21(25-15)24-14-16-6-5-10-22-13-16)20(27)23-11-9-17-7-3-4-8-19(17)28-2/h3-8,10,12-13H,9,11,14H2,1-2H3,(H,23,27)(H,24,25,26). The van der Waals surface area contributed by atoms with Crippen molar-refractivity contribution < 1.29 is 9.53 Å². The van der Waals surface area contributed by atoms with Gasteiger partial charge in [-0.1, -0.05) is 24.3 Å². The molecule has 28 heavy (non-hydrogen) atoms. The third kappa shape index (κ3) is 5.26. The number of benzene rings is 1. The average molecular weight is 377 g/mol. The summed E-state index contributed by atoms with van der Waals surface area (Å²) in [5.41, 5.74) is 3.11. The van der Waals surface area contributed by atoms with Crippen molar-refractivity contribution in [2.24, 2.45) is 0 Å². The van der Waals surface area contributed by atoms with Gasteiger partial charge in [-0.3, -0.25) is 9.78 Å². The van der Waals surface area contributed by atoms with Gasteiger partial charge in [-0.25, -0.2) is 9.97 Å². The third-order valence-electron chi connectivity index (χ3n) is 4.13. The number of hydrogen-bond acceptors (Lipinski definition) is 6. The number of para-hydroxylation sites is 1. The van der Waals surface area contributed by atoms with Crippen LogP contribution in [0.3, 0.4) is 0 Å². The molecule has 144 valence electrons. The Morgan fingerprint density at radius 1 is 1.14 bits per heavy atom. The molecule has 0 aliphatic carbocycles. The van der Waals surface area contributed by atoms with E-state index < -0.39 is 0 Å². The number of anilines is 1. The monoisotopic (exact) mass is 377 g/mol. The van der Waals surface area contributed by atoms with E-state index in [4.69, 9.17) is 4.74 Å². The maximum Gasteiger partial charge on any atom is 0.270 e. The summed E-state index contributed by atoms with van der Waals surface area (Å²) in [6.45, 7) is 2.86. The molecule has 0 saturated heterocycles. The Balaban J connectivity index is 1.59. The second-order valence-electron chi connectivity index (χ2n) is 6.25. The second-order valence-corrected chi connectivity index (χ2v) is 6.25. The van der Waals surface area contributed by atoms with E-state index in [9.17, 15) is 4.79 Å². The normalized spacial score (nSPS) is 10.4. The molecule has 0 atom stereocenters. The Bertz CT molecular complexity index is 931. The smallest absolute Gasteiger partial charge is 0.270 e. The first kappa shape index (κ1) is 19.3. The van der Waals surface area contributed by atoms with Crippen LogP contribution in [0.25, 0.3) is 0 Å². The van der Waals surface area contributed by atoms with Crippen molar-refractivity contribution in [2.45, 2.75) is 19.9 Å². The minimum absolute atomic E-state index is 0.232. The quantitative estimate of drug-likeness (QED) is 0.627. The lowest BCUT2D eigenvalue weighted by atomic mass is 10.1. The lowest BCUT2D eigenvalue weighted by Crippen LogP contribution is -2.27. The summed E-state index contributed by atoms with van der Waals surface area (Å²) < 4.78 is 5.34. The summed E-state index contributed by atoms with van der Waals surface area (Å²) >= 11 is 0. The first-order chi connectivity index (χ1) is 13.7. The molecule has 0 aliphatic rings. The van der Waals surface area contributed by atoms with Gasteiger partial charge in [0, 0.05) is 31.2 Å². The van der Waals surface area contributed by atoms with Gasteiger partial charge in [-0.15, -0.1) is 0 Å². The number of rotatable bonds is 8. The maximum atomic E-state index is 12.5. The fourth-order valence-corrected chi connectivity index (χ4v) is 2.76. The van der Waals surface area contributed by atoms with Crippen molar-refractivity contribution >= 4 is 11.9 Å². The molecule has 0 bridgehead atoms. The Morgan fingerprint density at radius 2 is 2.00 bits per heavy atom. The molecule has 7 nitrogen and oxygen atoms in total. The lowest BCUT2D eigenvalue weighted by molar-refractivity contribution is 0.0949. The van der Waals surface area contributed by atoms with Crippen LogP contribution in [0, 0.1) is 6.92 Å². The number of nitrogens with one attached hydrogen (secondary N) is 2. The molecule has 3 aromatic rings. The van der Waals surface area contributed by atoms with Crippen LogP contribution >= 0.6 is 0 Å². The first-order valence-corrected chi connectivity index (χ1v) is 9.04. The minimum Gasteiger partial charge on any atom is -0.496 e. The number of carbonyl (C=O) groups is 1. The average Bonchev–Trinajstić information content (AvgIpc) is 2.73. The minimum atomic E-state index is -0.232. The van der Waals surface area contributed by atoms with E-state index in [1.807, 2.05) is 43.3 Å². The number of aryl methyl sites for hydroxylation is 1. The number of carbonyl (C=O) groups excluding carboxylic acids is 1. The highest BCUT2D eigenvalue weighted by Gasteiger charge is 2.11. The number of pyridine rings is 1. The van der Waals surface area contributed by atoms with E-state index in [2.05, 4.69) is 25.6 Å². The summed E-state index contributed by atoms with van der Waals surface area (Å²) in [4.78, 5) is 25.2. The number of aromatic nitrogens is 3. The largest absolute Gasteiger partial charge is 0.496 e.